The van der Waals surface area contributed by atoms with E-state index in [0.29, 0.717) is 30.0 Å². The molecule has 130 valence electrons. The van der Waals surface area contributed by atoms with E-state index in [2.05, 4.69) is 17.2 Å². The first-order valence-electron chi connectivity index (χ1n) is 8.16. The summed E-state index contributed by atoms with van der Waals surface area (Å²) in [4.78, 5) is 24.7. The van der Waals surface area contributed by atoms with E-state index in [4.69, 9.17) is 4.74 Å². The van der Waals surface area contributed by atoms with Crippen LogP contribution < -0.4 is 15.4 Å². The first-order valence-corrected chi connectivity index (χ1v) is 8.16. The number of amides is 2. The van der Waals surface area contributed by atoms with E-state index in [9.17, 15) is 9.59 Å². The zero-order valence-electron chi connectivity index (χ0n) is 14.2. The van der Waals surface area contributed by atoms with Gasteiger partial charge in [0.2, 0.25) is 0 Å². The van der Waals surface area contributed by atoms with Crippen molar-refractivity contribution < 1.29 is 14.3 Å². The summed E-state index contributed by atoms with van der Waals surface area (Å²) in [6.45, 7) is 5.80. The van der Waals surface area contributed by atoms with Crippen molar-refractivity contribution in [1.29, 1.82) is 0 Å². The molecule has 5 nitrogen and oxygen atoms in total. The zero-order valence-corrected chi connectivity index (χ0v) is 14.2. The maximum Gasteiger partial charge on any atom is 0.265 e. The van der Waals surface area contributed by atoms with Crippen LogP contribution in [0.1, 0.15) is 23.7 Å². The Kier molecular flexibility index (Phi) is 6.77. The monoisotopic (exact) mass is 338 g/mol. The van der Waals surface area contributed by atoms with Crippen molar-refractivity contribution in [2.24, 2.45) is 0 Å². The maximum atomic E-state index is 12.6. The molecule has 5 heteroatoms. The van der Waals surface area contributed by atoms with Crippen LogP contribution in [0.25, 0.3) is 0 Å². The Morgan fingerprint density at radius 1 is 1.12 bits per heavy atom. The fourth-order valence-electron chi connectivity index (χ4n) is 2.25. The lowest BCUT2D eigenvalue weighted by Gasteiger charge is -2.18. The molecule has 0 heterocycles. The third kappa shape index (κ3) is 5.21. The largest absolute Gasteiger partial charge is 0.481 e. The number of hydrogen-bond donors (Lipinski definition) is 2. The number of hydrogen-bond acceptors (Lipinski definition) is 3. The van der Waals surface area contributed by atoms with Crippen molar-refractivity contribution in [2.45, 2.75) is 19.4 Å². The van der Waals surface area contributed by atoms with Crippen LogP contribution in [0.5, 0.6) is 5.75 Å². The Morgan fingerprint density at radius 3 is 2.48 bits per heavy atom. The van der Waals surface area contributed by atoms with Crippen LogP contribution in [-0.4, -0.2) is 24.5 Å². The third-order valence-electron chi connectivity index (χ3n) is 3.52. The summed E-state index contributed by atoms with van der Waals surface area (Å²) in [6, 6.07) is 16.0. The number of carbonyl (C=O) groups excluding carboxylic acids is 2. The molecule has 2 amide bonds. The summed E-state index contributed by atoms with van der Waals surface area (Å²) < 4.78 is 5.74. The molecule has 0 aliphatic rings. The lowest BCUT2D eigenvalue weighted by atomic mass is 10.1. The van der Waals surface area contributed by atoms with E-state index in [-0.39, 0.29) is 11.8 Å². The molecule has 0 bridgehead atoms. The van der Waals surface area contributed by atoms with Crippen molar-refractivity contribution in [1.82, 2.24) is 5.32 Å². The molecule has 0 fully saturated rings. The van der Waals surface area contributed by atoms with Crippen LogP contribution in [0.2, 0.25) is 0 Å². The van der Waals surface area contributed by atoms with Gasteiger partial charge in [0.25, 0.3) is 11.8 Å². The fourth-order valence-corrected chi connectivity index (χ4v) is 2.25. The van der Waals surface area contributed by atoms with Crippen LogP contribution in [0, 0.1) is 0 Å². The molecule has 0 aliphatic heterocycles. The molecule has 2 rings (SSSR count). The van der Waals surface area contributed by atoms with Crippen LogP contribution >= 0.6 is 0 Å². The first-order chi connectivity index (χ1) is 12.2. The summed E-state index contributed by atoms with van der Waals surface area (Å²) in [6.07, 6.45) is 1.46. The average molecular weight is 338 g/mol. The number of rotatable bonds is 8. The molecule has 1 atom stereocenters. The highest BCUT2D eigenvalue weighted by Crippen LogP contribution is 2.18. The standard InChI is InChI=1S/C20H22N2O3/c1-3-14-21-19(23)16-12-8-9-13-17(16)22-20(24)18(4-2)25-15-10-6-5-7-11-15/h3,5-13,18H,1,4,14H2,2H3,(H,21,23)(H,22,24). The predicted octanol–water partition coefficient (Wildman–Crippen LogP) is 3.40. The lowest BCUT2D eigenvalue weighted by Crippen LogP contribution is -2.33. The molecular formula is C20H22N2O3. The van der Waals surface area contributed by atoms with Gasteiger partial charge in [-0.2, -0.15) is 0 Å². The van der Waals surface area contributed by atoms with Gasteiger partial charge in [0, 0.05) is 6.54 Å². The highest BCUT2D eigenvalue weighted by Gasteiger charge is 2.20. The maximum absolute atomic E-state index is 12.6. The molecule has 1 unspecified atom stereocenters. The van der Waals surface area contributed by atoms with E-state index in [1.54, 1.807) is 42.5 Å². The molecule has 0 aliphatic carbocycles. The third-order valence-corrected chi connectivity index (χ3v) is 3.52. The number of benzene rings is 2. The van der Waals surface area contributed by atoms with E-state index in [1.807, 2.05) is 25.1 Å². The van der Waals surface area contributed by atoms with Crippen molar-refractivity contribution in [2.75, 3.05) is 11.9 Å². The number of para-hydroxylation sites is 2. The van der Waals surface area contributed by atoms with E-state index >= 15 is 0 Å². The van der Waals surface area contributed by atoms with Gasteiger partial charge in [0.15, 0.2) is 6.10 Å². The Morgan fingerprint density at radius 2 is 1.80 bits per heavy atom. The Bertz CT molecular complexity index is 729. The molecular weight excluding hydrogens is 316 g/mol. The molecule has 0 aromatic heterocycles. The number of anilines is 1. The smallest absolute Gasteiger partial charge is 0.265 e. The lowest BCUT2D eigenvalue weighted by molar-refractivity contribution is -0.122. The van der Waals surface area contributed by atoms with Gasteiger partial charge in [0.1, 0.15) is 5.75 Å². The Labute approximate surface area is 147 Å². The van der Waals surface area contributed by atoms with Gasteiger partial charge in [-0.05, 0) is 30.7 Å². The van der Waals surface area contributed by atoms with Crippen LogP contribution in [-0.2, 0) is 4.79 Å². The summed E-state index contributed by atoms with van der Waals surface area (Å²) in [5, 5.41) is 5.49. The van der Waals surface area contributed by atoms with Gasteiger partial charge in [-0.25, -0.2) is 0 Å². The Balaban J connectivity index is 2.10. The number of ether oxygens (including phenoxy) is 1. The average Bonchev–Trinajstić information content (AvgIpc) is 2.65. The van der Waals surface area contributed by atoms with Gasteiger partial charge in [0.05, 0.1) is 11.3 Å². The highest BCUT2D eigenvalue weighted by atomic mass is 16.5. The molecule has 2 aromatic carbocycles. The minimum absolute atomic E-state index is 0.271. The zero-order chi connectivity index (χ0) is 18.1. The number of nitrogens with one attached hydrogen (secondary N) is 2. The minimum Gasteiger partial charge on any atom is -0.481 e. The molecule has 2 aromatic rings. The van der Waals surface area contributed by atoms with Crippen LogP contribution in [0.3, 0.4) is 0 Å². The molecule has 25 heavy (non-hydrogen) atoms. The van der Waals surface area contributed by atoms with Gasteiger partial charge in [-0.3, -0.25) is 9.59 Å². The van der Waals surface area contributed by atoms with Gasteiger partial charge >= 0.3 is 0 Å². The summed E-state index contributed by atoms with van der Waals surface area (Å²) in [5.41, 5.74) is 0.844. The quantitative estimate of drug-likeness (QED) is 0.725. The second-order valence-electron chi connectivity index (χ2n) is 5.36. The first kappa shape index (κ1) is 18.3. The van der Waals surface area contributed by atoms with Gasteiger partial charge < -0.3 is 15.4 Å². The predicted molar refractivity (Wildman–Crippen MR) is 98.8 cm³/mol. The molecule has 0 saturated heterocycles. The molecule has 0 saturated carbocycles. The van der Waals surface area contributed by atoms with Crippen molar-refractivity contribution in [3.05, 3.63) is 72.8 Å². The fraction of sp³-hybridized carbons (Fsp3) is 0.200. The van der Waals surface area contributed by atoms with Crippen LogP contribution in [0.4, 0.5) is 5.69 Å². The van der Waals surface area contributed by atoms with E-state index in [0.717, 1.165) is 0 Å². The highest BCUT2D eigenvalue weighted by molar-refractivity contribution is 6.04. The summed E-state index contributed by atoms with van der Waals surface area (Å²) in [7, 11) is 0. The SMILES string of the molecule is C=CCNC(=O)c1ccccc1NC(=O)C(CC)Oc1ccccc1. The summed E-state index contributed by atoms with van der Waals surface area (Å²) >= 11 is 0. The van der Waals surface area contributed by atoms with Crippen LogP contribution in [0.15, 0.2) is 67.3 Å². The van der Waals surface area contributed by atoms with Gasteiger partial charge in [-0.15, -0.1) is 6.58 Å². The topological polar surface area (TPSA) is 67.4 Å². The molecule has 0 spiro atoms. The Hall–Kier alpha value is -3.08. The minimum atomic E-state index is -0.647. The van der Waals surface area contributed by atoms with E-state index < -0.39 is 6.10 Å². The molecule has 0 radical (unpaired) electrons. The van der Waals surface area contributed by atoms with Gasteiger partial charge in [-0.1, -0.05) is 43.3 Å². The van der Waals surface area contributed by atoms with Crippen molar-refractivity contribution in [3.8, 4) is 5.75 Å². The second-order valence-corrected chi connectivity index (χ2v) is 5.36. The normalized spacial score (nSPS) is 11.2. The number of carbonyl (C=O) groups is 2. The van der Waals surface area contributed by atoms with Crippen molar-refractivity contribution in [3.63, 3.8) is 0 Å². The summed E-state index contributed by atoms with van der Waals surface area (Å²) in [5.74, 6) is 0.0599. The second kappa shape index (κ2) is 9.27. The van der Waals surface area contributed by atoms with E-state index in [1.165, 1.54) is 0 Å². The van der Waals surface area contributed by atoms with Crippen molar-refractivity contribution >= 4 is 17.5 Å². The molecule has 2 N–H and O–H groups in total.